The highest BCUT2D eigenvalue weighted by Crippen LogP contribution is 2.41. The molecular formula is C30H26N4O4S. The van der Waals surface area contributed by atoms with Crippen molar-refractivity contribution in [2.45, 2.75) is 19.3 Å². The van der Waals surface area contributed by atoms with Crippen LogP contribution in [0.5, 0.6) is 0 Å². The van der Waals surface area contributed by atoms with Crippen LogP contribution in [-0.2, 0) is 6.42 Å². The van der Waals surface area contributed by atoms with E-state index < -0.39 is 5.97 Å². The number of thiophene rings is 1. The fraction of sp³-hybridized carbons (Fsp3) is 0.200. The Labute approximate surface area is 229 Å². The fourth-order valence-electron chi connectivity index (χ4n) is 5.22. The second kappa shape index (κ2) is 10.3. The highest BCUT2D eigenvalue weighted by atomic mass is 32.1. The average molecular weight is 539 g/mol. The normalized spacial score (nSPS) is 14.4. The van der Waals surface area contributed by atoms with Crippen molar-refractivity contribution in [2.75, 3.05) is 34.8 Å². The third-order valence-electron chi connectivity index (χ3n) is 7.14. The molecule has 9 heteroatoms. The molecule has 1 fully saturated rings. The maximum Gasteiger partial charge on any atom is 0.345 e. The number of rotatable bonds is 5. The van der Waals surface area contributed by atoms with Crippen molar-refractivity contribution in [2.24, 2.45) is 0 Å². The second-order valence-electron chi connectivity index (χ2n) is 9.59. The van der Waals surface area contributed by atoms with Gasteiger partial charge in [-0.2, -0.15) is 0 Å². The third-order valence-corrected chi connectivity index (χ3v) is 8.33. The summed E-state index contributed by atoms with van der Waals surface area (Å²) in [5.74, 6) is -0.639. The molecule has 2 N–H and O–H groups in total. The van der Waals surface area contributed by atoms with Crippen LogP contribution in [0.15, 0.2) is 72.9 Å². The summed E-state index contributed by atoms with van der Waals surface area (Å²) in [6, 6.07) is 19.7. The minimum Gasteiger partial charge on any atom is -0.477 e. The molecule has 0 spiro atoms. The molecule has 2 aromatic heterocycles. The van der Waals surface area contributed by atoms with Crippen molar-refractivity contribution in [3.63, 3.8) is 0 Å². The Hall–Kier alpha value is -4.50. The van der Waals surface area contributed by atoms with Crippen LogP contribution in [0, 0.1) is 0 Å². The maximum atomic E-state index is 13.6. The van der Waals surface area contributed by atoms with Gasteiger partial charge in [0.05, 0.1) is 11.3 Å². The van der Waals surface area contributed by atoms with Crippen molar-refractivity contribution in [1.82, 2.24) is 4.98 Å². The molecule has 0 aliphatic carbocycles. The smallest absolute Gasteiger partial charge is 0.345 e. The number of nitrogens with one attached hydrogen (secondary N) is 1. The zero-order chi connectivity index (χ0) is 26.9. The quantitative estimate of drug-likeness (QED) is 0.345. The Bertz CT molecular complexity index is 1570. The predicted molar refractivity (Wildman–Crippen MR) is 152 cm³/mol. The lowest BCUT2D eigenvalue weighted by Crippen LogP contribution is -2.32. The van der Waals surface area contributed by atoms with E-state index in [-0.39, 0.29) is 11.8 Å². The minimum atomic E-state index is -0.943. The third kappa shape index (κ3) is 4.77. The number of aromatic carboxylic acids is 1. The largest absolute Gasteiger partial charge is 0.477 e. The summed E-state index contributed by atoms with van der Waals surface area (Å²) in [7, 11) is 0. The minimum absolute atomic E-state index is 0.155. The molecule has 4 heterocycles. The molecule has 0 atom stereocenters. The van der Waals surface area contributed by atoms with Gasteiger partial charge in [0.25, 0.3) is 11.8 Å². The second-order valence-corrected chi connectivity index (χ2v) is 10.6. The van der Waals surface area contributed by atoms with Gasteiger partial charge in [-0.15, -0.1) is 11.3 Å². The van der Waals surface area contributed by atoms with Crippen LogP contribution < -0.4 is 15.1 Å². The Morgan fingerprint density at radius 2 is 1.69 bits per heavy atom. The molecule has 0 radical (unpaired) electrons. The molecule has 4 aromatic rings. The molecule has 196 valence electrons. The predicted octanol–water partition coefficient (Wildman–Crippen LogP) is 5.56. The van der Waals surface area contributed by atoms with E-state index in [1.807, 2.05) is 24.3 Å². The molecule has 0 saturated carbocycles. The Morgan fingerprint density at radius 3 is 2.46 bits per heavy atom. The number of carbonyl (C=O) groups excluding carboxylic acids is 2. The zero-order valence-corrected chi connectivity index (χ0v) is 21.9. The lowest BCUT2D eigenvalue weighted by atomic mass is 10.1. The number of hydrogen-bond acceptors (Lipinski definition) is 6. The number of pyridine rings is 1. The average Bonchev–Trinajstić information content (AvgIpc) is 3.62. The van der Waals surface area contributed by atoms with Gasteiger partial charge in [0.2, 0.25) is 0 Å². The number of para-hydroxylation sites is 1. The number of amides is 2. The number of hydrogen-bond donors (Lipinski definition) is 2. The lowest BCUT2D eigenvalue weighted by Gasteiger charge is -2.23. The molecule has 39 heavy (non-hydrogen) atoms. The molecular weight excluding hydrogens is 512 g/mol. The van der Waals surface area contributed by atoms with Gasteiger partial charge < -0.3 is 20.2 Å². The number of fused-ring (bicyclic) bond motifs is 3. The van der Waals surface area contributed by atoms with Gasteiger partial charge in [-0.1, -0.05) is 18.2 Å². The van der Waals surface area contributed by atoms with E-state index in [1.54, 1.807) is 53.6 Å². The van der Waals surface area contributed by atoms with Gasteiger partial charge in [-0.3, -0.25) is 9.59 Å². The van der Waals surface area contributed by atoms with Crippen molar-refractivity contribution in [1.29, 1.82) is 0 Å². The van der Waals surface area contributed by atoms with Crippen molar-refractivity contribution in [3.05, 3.63) is 94.5 Å². The number of aromatic nitrogens is 1. The summed E-state index contributed by atoms with van der Waals surface area (Å²) in [6.07, 6.45) is 4.44. The van der Waals surface area contributed by atoms with Gasteiger partial charge >= 0.3 is 5.97 Å². The van der Waals surface area contributed by atoms with E-state index in [0.717, 1.165) is 47.6 Å². The summed E-state index contributed by atoms with van der Waals surface area (Å²) in [5.41, 5.74) is 4.15. The Balaban J connectivity index is 1.22. The van der Waals surface area contributed by atoms with E-state index in [9.17, 15) is 19.5 Å². The number of carbonyl (C=O) groups is 3. The van der Waals surface area contributed by atoms with E-state index in [2.05, 4.69) is 15.2 Å². The SMILES string of the molecule is O=C(O)c1cc2c(s1)-c1ccccc1N(C(=O)c1ccc(NC(=O)c3cccnc3N3CCCC3)cc1)CC2. The lowest BCUT2D eigenvalue weighted by molar-refractivity contribution is 0.0701. The first-order valence-corrected chi connectivity index (χ1v) is 13.7. The van der Waals surface area contributed by atoms with Gasteiger partial charge in [0, 0.05) is 47.5 Å². The van der Waals surface area contributed by atoms with Crippen molar-refractivity contribution >= 4 is 46.3 Å². The number of carboxylic acid groups (broad SMARTS) is 1. The van der Waals surface area contributed by atoms with Gasteiger partial charge in [0.1, 0.15) is 10.7 Å². The van der Waals surface area contributed by atoms with Crippen LogP contribution >= 0.6 is 11.3 Å². The maximum absolute atomic E-state index is 13.6. The Kier molecular flexibility index (Phi) is 6.58. The first-order chi connectivity index (χ1) is 19.0. The summed E-state index contributed by atoms with van der Waals surface area (Å²) in [5, 5.41) is 12.4. The molecule has 2 aliphatic heterocycles. The first-order valence-electron chi connectivity index (χ1n) is 12.9. The topological polar surface area (TPSA) is 103 Å². The molecule has 2 aliphatic rings. The Morgan fingerprint density at radius 1 is 0.923 bits per heavy atom. The van der Waals surface area contributed by atoms with E-state index >= 15 is 0 Å². The van der Waals surface area contributed by atoms with Crippen LogP contribution in [0.1, 0.15) is 48.8 Å². The zero-order valence-electron chi connectivity index (χ0n) is 21.1. The van der Waals surface area contributed by atoms with Gasteiger partial charge in [-0.05, 0) is 73.4 Å². The van der Waals surface area contributed by atoms with Gasteiger partial charge in [0.15, 0.2) is 0 Å². The molecule has 0 bridgehead atoms. The standard InChI is InChI=1S/C30H26N4O4S/c35-28(23-7-5-14-31-27(23)33-15-3-4-16-33)32-21-11-9-19(10-12-21)29(36)34-17-13-20-18-25(30(37)38)39-26(20)22-6-1-2-8-24(22)34/h1-2,5-12,14,18H,3-4,13,15-17H2,(H,32,35)(H,37,38). The fourth-order valence-corrected chi connectivity index (χ4v) is 6.30. The number of nitrogens with zero attached hydrogens (tertiary/aromatic N) is 3. The van der Waals surface area contributed by atoms with Crippen molar-refractivity contribution in [3.8, 4) is 10.4 Å². The first kappa shape index (κ1) is 24.8. The number of anilines is 3. The van der Waals surface area contributed by atoms with Crippen LogP contribution in [-0.4, -0.2) is 47.5 Å². The van der Waals surface area contributed by atoms with E-state index in [0.29, 0.717) is 40.5 Å². The monoisotopic (exact) mass is 538 g/mol. The van der Waals surface area contributed by atoms with E-state index in [4.69, 9.17) is 0 Å². The van der Waals surface area contributed by atoms with Crippen LogP contribution in [0.4, 0.5) is 17.2 Å². The van der Waals surface area contributed by atoms with Crippen LogP contribution in [0.25, 0.3) is 10.4 Å². The summed E-state index contributed by atoms with van der Waals surface area (Å²) in [4.78, 5) is 47.8. The molecule has 2 aromatic carbocycles. The highest BCUT2D eigenvalue weighted by Gasteiger charge is 2.27. The molecule has 2 amide bonds. The molecule has 1 saturated heterocycles. The van der Waals surface area contributed by atoms with E-state index in [1.165, 1.54) is 11.3 Å². The highest BCUT2D eigenvalue weighted by molar-refractivity contribution is 7.17. The number of benzene rings is 2. The van der Waals surface area contributed by atoms with Crippen molar-refractivity contribution < 1.29 is 19.5 Å². The van der Waals surface area contributed by atoms with Gasteiger partial charge in [-0.25, -0.2) is 9.78 Å². The number of carboxylic acids is 1. The van der Waals surface area contributed by atoms with Crippen LogP contribution in [0.2, 0.25) is 0 Å². The summed E-state index contributed by atoms with van der Waals surface area (Å²) >= 11 is 1.24. The summed E-state index contributed by atoms with van der Waals surface area (Å²) < 4.78 is 0. The van der Waals surface area contributed by atoms with Crippen LogP contribution in [0.3, 0.4) is 0 Å². The molecule has 0 unspecified atom stereocenters. The molecule has 6 rings (SSSR count). The molecule has 8 nitrogen and oxygen atoms in total. The summed E-state index contributed by atoms with van der Waals surface area (Å²) in [6.45, 7) is 2.21.